The lowest BCUT2D eigenvalue weighted by Gasteiger charge is -2.28. The first-order chi connectivity index (χ1) is 23.2. The van der Waals surface area contributed by atoms with Gasteiger partial charge in [0.1, 0.15) is 5.60 Å². The molecule has 49 heavy (non-hydrogen) atoms. The van der Waals surface area contributed by atoms with Crippen LogP contribution in [0.4, 0.5) is 0 Å². The average Bonchev–Trinajstić information content (AvgIpc) is 3.41. The quantitative estimate of drug-likeness (QED) is 0.127. The van der Waals surface area contributed by atoms with Gasteiger partial charge in [0.05, 0.1) is 0 Å². The minimum Gasteiger partial charge on any atom is -0.460 e. The third-order valence-electron chi connectivity index (χ3n) is 9.99. The molecular formula is C42H47Br4NO2. The molecule has 0 fully saturated rings. The lowest BCUT2D eigenvalue weighted by molar-refractivity contribution is -0.154. The number of unbranched alkanes of at least 4 members (excludes halogenated alkanes) is 3. The third-order valence-corrected chi connectivity index (χ3v) is 12.0. The molecule has 0 bridgehead atoms. The number of halogens is 4. The van der Waals surface area contributed by atoms with Crippen molar-refractivity contribution in [2.24, 2.45) is 5.73 Å². The highest BCUT2D eigenvalue weighted by Gasteiger charge is 2.40. The van der Waals surface area contributed by atoms with Crippen LogP contribution in [0.25, 0.3) is 22.3 Å². The van der Waals surface area contributed by atoms with Gasteiger partial charge in [0.25, 0.3) is 0 Å². The summed E-state index contributed by atoms with van der Waals surface area (Å²) < 4.78 is 9.95. The van der Waals surface area contributed by atoms with E-state index >= 15 is 0 Å². The van der Waals surface area contributed by atoms with Gasteiger partial charge in [-0.15, -0.1) is 0 Å². The van der Waals surface area contributed by atoms with Crippen LogP contribution < -0.4 is 5.73 Å². The largest absolute Gasteiger partial charge is 0.460 e. The molecule has 7 heteroatoms. The topological polar surface area (TPSA) is 52.3 Å². The lowest BCUT2D eigenvalue weighted by atomic mass is 9.76. The molecule has 260 valence electrons. The number of hydrogen-bond donors (Lipinski definition) is 1. The summed E-state index contributed by atoms with van der Waals surface area (Å²) in [5.74, 6) is -0.0943. The number of carbonyl (C=O) groups is 1. The number of rotatable bonds is 10. The Morgan fingerprint density at radius 2 is 0.939 bits per heavy atom. The van der Waals surface area contributed by atoms with Gasteiger partial charge in [-0.05, 0) is 146 Å². The van der Waals surface area contributed by atoms with E-state index in [1.54, 1.807) is 0 Å². The molecule has 2 N–H and O–H groups in total. The van der Waals surface area contributed by atoms with Gasteiger partial charge in [-0.25, -0.2) is 0 Å². The van der Waals surface area contributed by atoms with Crippen LogP contribution in [0.5, 0.6) is 0 Å². The van der Waals surface area contributed by atoms with E-state index in [0.717, 1.165) is 69.4 Å². The Bertz CT molecular complexity index is 1720. The second-order valence-corrected chi connectivity index (χ2v) is 18.5. The van der Waals surface area contributed by atoms with E-state index in [-0.39, 0.29) is 16.8 Å². The van der Waals surface area contributed by atoms with Crippen molar-refractivity contribution >= 4 is 69.7 Å². The van der Waals surface area contributed by atoms with Gasteiger partial charge in [-0.2, -0.15) is 0 Å². The number of ether oxygens (including phenoxy) is 1. The van der Waals surface area contributed by atoms with Crippen LogP contribution in [0.2, 0.25) is 0 Å². The molecule has 0 spiro atoms. The summed E-state index contributed by atoms with van der Waals surface area (Å²) in [4.78, 5) is 11.9. The van der Waals surface area contributed by atoms with Gasteiger partial charge in [0, 0.05) is 35.1 Å². The molecule has 0 saturated carbocycles. The van der Waals surface area contributed by atoms with E-state index in [1.807, 2.05) is 20.8 Å². The summed E-state index contributed by atoms with van der Waals surface area (Å²) in [7, 11) is 0. The van der Waals surface area contributed by atoms with Crippen molar-refractivity contribution in [3.05, 3.63) is 113 Å². The first-order valence-corrected chi connectivity index (χ1v) is 20.5. The standard InChI is InChI=1S/C24H28Br2O2.C18H19Br2N/c1-23(2,3)28-22(27)8-6-5-7-13-24(4)20-14-16(25)9-11-18(20)19-12-10-17(26)15-21(19)24;1-18(8-2-3-9-21)16-10-12(19)4-6-14(16)15-7-5-13(20)11-17(15)18/h9-12,14-15H,5-8,13H2,1-4H3;4-7,10-11H,2-3,8-9,21H2,1H3. The Kier molecular flexibility index (Phi) is 12.4. The number of nitrogens with two attached hydrogens (primary N) is 1. The van der Waals surface area contributed by atoms with Gasteiger partial charge < -0.3 is 10.5 Å². The molecule has 0 amide bonds. The third kappa shape index (κ3) is 8.65. The number of esters is 1. The highest BCUT2D eigenvalue weighted by atomic mass is 79.9. The Hall–Kier alpha value is -1.77. The molecule has 0 unspecified atom stereocenters. The van der Waals surface area contributed by atoms with Gasteiger partial charge in [-0.1, -0.05) is 121 Å². The smallest absolute Gasteiger partial charge is 0.306 e. The molecule has 2 aliphatic carbocycles. The maximum atomic E-state index is 11.9. The van der Waals surface area contributed by atoms with Crippen molar-refractivity contribution in [1.29, 1.82) is 0 Å². The predicted octanol–water partition coefficient (Wildman–Crippen LogP) is 13.4. The normalized spacial score (nSPS) is 14.7. The van der Waals surface area contributed by atoms with E-state index < -0.39 is 5.60 Å². The molecule has 0 saturated heterocycles. The molecule has 6 rings (SSSR count). The number of hydrogen-bond acceptors (Lipinski definition) is 3. The van der Waals surface area contributed by atoms with Crippen molar-refractivity contribution < 1.29 is 9.53 Å². The molecular weight excluding hydrogens is 870 g/mol. The fourth-order valence-electron chi connectivity index (χ4n) is 7.60. The Balaban J connectivity index is 0.000000199. The maximum absolute atomic E-state index is 11.9. The number of benzene rings is 4. The zero-order valence-corrected chi connectivity index (χ0v) is 35.5. The lowest BCUT2D eigenvalue weighted by Crippen LogP contribution is -2.23. The van der Waals surface area contributed by atoms with Crippen LogP contribution in [0.15, 0.2) is 90.7 Å². The van der Waals surface area contributed by atoms with Crippen molar-refractivity contribution in [3.8, 4) is 22.3 Å². The number of fused-ring (bicyclic) bond motifs is 6. The van der Waals surface area contributed by atoms with Crippen LogP contribution in [0.1, 0.15) is 108 Å². The molecule has 4 aromatic carbocycles. The Morgan fingerprint density at radius 3 is 1.27 bits per heavy atom. The second-order valence-electron chi connectivity index (χ2n) is 14.8. The van der Waals surface area contributed by atoms with Crippen LogP contribution >= 0.6 is 63.7 Å². The van der Waals surface area contributed by atoms with E-state index in [2.05, 4.69) is 150 Å². The molecule has 0 atom stereocenters. The van der Waals surface area contributed by atoms with Crippen molar-refractivity contribution in [3.63, 3.8) is 0 Å². The van der Waals surface area contributed by atoms with Crippen molar-refractivity contribution in [1.82, 2.24) is 0 Å². The van der Waals surface area contributed by atoms with Crippen LogP contribution in [-0.2, 0) is 20.4 Å². The fourth-order valence-corrected chi connectivity index (χ4v) is 9.04. The van der Waals surface area contributed by atoms with Gasteiger partial charge in [-0.3, -0.25) is 4.79 Å². The summed E-state index contributed by atoms with van der Waals surface area (Å²) in [5, 5.41) is 0. The maximum Gasteiger partial charge on any atom is 0.306 e. The highest BCUT2D eigenvalue weighted by Crippen LogP contribution is 2.54. The average molecular weight is 917 g/mol. The van der Waals surface area contributed by atoms with E-state index in [1.165, 1.54) is 44.5 Å². The molecule has 3 nitrogen and oxygen atoms in total. The molecule has 0 radical (unpaired) electrons. The SMILES string of the molecule is CC(C)(C)OC(=O)CCCCCC1(C)c2cc(Br)ccc2-c2ccc(Br)cc21.CC1(CCCCN)c2cc(Br)ccc2-c2ccc(Br)cc21. The summed E-state index contributed by atoms with van der Waals surface area (Å²) >= 11 is 14.6. The number of carbonyl (C=O) groups excluding carboxylic acids is 1. The Labute approximate surface area is 326 Å². The first-order valence-electron chi connectivity index (χ1n) is 17.3. The monoisotopic (exact) mass is 913 g/mol. The summed E-state index contributed by atoms with van der Waals surface area (Å²) in [6.07, 6.45) is 7.93. The van der Waals surface area contributed by atoms with E-state index in [9.17, 15) is 4.79 Å². The highest BCUT2D eigenvalue weighted by molar-refractivity contribution is 9.11. The van der Waals surface area contributed by atoms with Crippen molar-refractivity contribution in [2.75, 3.05) is 6.54 Å². The fraction of sp³-hybridized carbons (Fsp3) is 0.405. The van der Waals surface area contributed by atoms with E-state index in [4.69, 9.17) is 10.5 Å². The Morgan fingerprint density at radius 1 is 0.592 bits per heavy atom. The first kappa shape index (κ1) is 38.5. The molecule has 0 aromatic heterocycles. The van der Waals surface area contributed by atoms with Crippen LogP contribution in [0, 0.1) is 0 Å². The molecule has 0 aliphatic heterocycles. The van der Waals surface area contributed by atoms with Crippen molar-refractivity contribution in [2.45, 2.75) is 102 Å². The predicted molar refractivity (Wildman–Crippen MR) is 219 cm³/mol. The van der Waals surface area contributed by atoms with E-state index in [0.29, 0.717) is 6.42 Å². The molecule has 0 heterocycles. The summed E-state index contributed by atoms with van der Waals surface area (Å²) in [6, 6.07) is 26.5. The summed E-state index contributed by atoms with van der Waals surface area (Å²) in [6.45, 7) is 11.2. The van der Waals surface area contributed by atoms with Gasteiger partial charge in [0.15, 0.2) is 0 Å². The molecule has 4 aromatic rings. The minimum absolute atomic E-state index is 0.00978. The second kappa shape index (κ2) is 15.9. The molecule has 2 aliphatic rings. The van der Waals surface area contributed by atoms with Crippen LogP contribution in [-0.4, -0.2) is 18.1 Å². The van der Waals surface area contributed by atoms with Gasteiger partial charge >= 0.3 is 5.97 Å². The summed E-state index contributed by atoms with van der Waals surface area (Å²) in [5.41, 5.74) is 16.4. The van der Waals surface area contributed by atoms with Gasteiger partial charge in [0.2, 0.25) is 0 Å². The zero-order chi connectivity index (χ0) is 35.6. The zero-order valence-electron chi connectivity index (χ0n) is 29.2. The van der Waals surface area contributed by atoms with Crippen LogP contribution in [0.3, 0.4) is 0 Å². The minimum atomic E-state index is -0.400.